The molecule has 0 heterocycles. The molecule has 0 rings (SSSR count). The molecule has 0 fully saturated rings. The smallest absolute Gasteiger partial charge is 0.319 e. The zero-order chi connectivity index (χ0) is 11.1. The van der Waals surface area contributed by atoms with Crippen LogP contribution in [-0.4, -0.2) is 23.4 Å². The maximum atomic E-state index is 12.3. The van der Waals surface area contributed by atoms with Crippen molar-refractivity contribution >= 4 is 5.78 Å². The highest BCUT2D eigenvalue weighted by molar-refractivity contribution is 5.94. The predicted molar refractivity (Wildman–Crippen MR) is 34.3 cm³/mol. The van der Waals surface area contributed by atoms with Crippen LogP contribution in [0.5, 0.6) is 0 Å². The van der Waals surface area contributed by atoms with Gasteiger partial charge in [0, 0.05) is 0 Å². The van der Waals surface area contributed by atoms with E-state index in [0.717, 1.165) is 13.8 Å². The fourth-order valence-electron chi connectivity index (χ4n) is 0.533. The van der Waals surface area contributed by atoms with Gasteiger partial charge in [0.2, 0.25) is 5.78 Å². The lowest BCUT2D eigenvalue weighted by Gasteiger charge is -2.25. The van der Waals surface area contributed by atoms with Gasteiger partial charge in [-0.3, -0.25) is 4.79 Å². The molecular weight excluding hydrogens is 197 g/mol. The van der Waals surface area contributed by atoms with Gasteiger partial charge < -0.3 is 5.73 Å². The van der Waals surface area contributed by atoms with Gasteiger partial charge in [0.1, 0.15) is 0 Å². The van der Waals surface area contributed by atoms with Crippen LogP contribution in [0, 0.1) is 0 Å². The lowest BCUT2D eigenvalue weighted by molar-refractivity contribution is -0.270. The average molecular weight is 205 g/mol. The van der Waals surface area contributed by atoms with E-state index in [1.54, 1.807) is 0 Å². The van der Waals surface area contributed by atoms with Gasteiger partial charge in [0.25, 0.3) is 0 Å². The Kier molecular flexibility index (Phi) is 2.74. The van der Waals surface area contributed by atoms with Crippen LogP contribution >= 0.6 is 0 Å². The molecule has 13 heavy (non-hydrogen) atoms. The number of carbonyl (C=O) groups is 1. The Morgan fingerprint density at radius 1 is 1.08 bits per heavy atom. The van der Waals surface area contributed by atoms with E-state index in [4.69, 9.17) is 5.73 Å². The molecule has 0 aromatic rings. The summed E-state index contributed by atoms with van der Waals surface area (Å²) in [5, 5.41) is 0. The summed E-state index contributed by atoms with van der Waals surface area (Å²) in [5.41, 5.74) is 2.62. The molecule has 0 radical (unpaired) electrons. The highest BCUT2D eigenvalue weighted by Crippen LogP contribution is 2.38. The second-order valence-electron chi connectivity index (χ2n) is 3.12. The lowest BCUT2D eigenvalue weighted by atomic mass is 9.95. The first-order valence-electron chi connectivity index (χ1n) is 3.19. The second-order valence-corrected chi connectivity index (χ2v) is 3.12. The SMILES string of the molecule is CC(C)(N)C(=O)C(F)(F)C(F)(F)F. The Hall–Kier alpha value is -0.720. The minimum atomic E-state index is -5.89. The Balaban J connectivity index is 4.98. The zero-order valence-electron chi connectivity index (χ0n) is 6.88. The molecule has 0 spiro atoms. The third-order valence-electron chi connectivity index (χ3n) is 1.23. The van der Waals surface area contributed by atoms with Crippen LogP contribution in [0.15, 0.2) is 0 Å². The van der Waals surface area contributed by atoms with Gasteiger partial charge in [0.15, 0.2) is 0 Å². The Labute approximate surface area is 70.9 Å². The fraction of sp³-hybridized carbons (Fsp3) is 0.833. The molecule has 0 saturated carbocycles. The van der Waals surface area contributed by atoms with Crippen molar-refractivity contribution < 1.29 is 26.7 Å². The average Bonchev–Trinajstić information content (AvgIpc) is 1.81. The largest absolute Gasteiger partial charge is 0.461 e. The maximum Gasteiger partial charge on any atom is 0.461 e. The summed E-state index contributed by atoms with van der Waals surface area (Å²) in [6, 6.07) is 0. The third-order valence-corrected chi connectivity index (χ3v) is 1.23. The summed E-state index contributed by atoms with van der Waals surface area (Å²) in [6.45, 7) is 1.57. The van der Waals surface area contributed by atoms with Crippen LogP contribution < -0.4 is 5.73 Å². The van der Waals surface area contributed by atoms with Gasteiger partial charge in [-0.15, -0.1) is 0 Å². The van der Waals surface area contributed by atoms with Crippen molar-refractivity contribution in [2.75, 3.05) is 0 Å². The van der Waals surface area contributed by atoms with Gasteiger partial charge in [-0.2, -0.15) is 22.0 Å². The van der Waals surface area contributed by atoms with Crippen molar-refractivity contribution in [1.82, 2.24) is 0 Å². The predicted octanol–water partition coefficient (Wildman–Crippen LogP) is 1.49. The maximum absolute atomic E-state index is 12.3. The van der Waals surface area contributed by atoms with Crippen LogP contribution in [-0.2, 0) is 4.79 Å². The number of ketones is 1. The number of alkyl halides is 5. The molecule has 0 unspecified atom stereocenters. The second kappa shape index (κ2) is 2.90. The molecule has 0 aromatic carbocycles. The summed E-state index contributed by atoms with van der Waals surface area (Å²) in [4.78, 5) is 10.5. The summed E-state index contributed by atoms with van der Waals surface area (Å²) in [6.07, 6.45) is -5.89. The highest BCUT2D eigenvalue weighted by atomic mass is 19.4. The van der Waals surface area contributed by atoms with E-state index < -0.39 is 23.4 Å². The van der Waals surface area contributed by atoms with Gasteiger partial charge in [-0.05, 0) is 13.8 Å². The van der Waals surface area contributed by atoms with Crippen molar-refractivity contribution in [2.24, 2.45) is 5.73 Å². The molecule has 0 amide bonds. The van der Waals surface area contributed by atoms with Crippen molar-refractivity contribution in [2.45, 2.75) is 31.5 Å². The molecule has 0 atom stereocenters. The minimum Gasteiger partial charge on any atom is -0.319 e. The van der Waals surface area contributed by atoms with E-state index >= 15 is 0 Å². The number of hydrogen-bond acceptors (Lipinski definition) is 2. The van der Waals surface area contributed by atoms with Gasteiger partial charge >= 0.3 is 12.1 Å². The van der Waals surface area contributed by atoms with Crippen molar-refractivity contribution in [3.05, 3.63) is 0 Å². The quantitative estimate of drug-likeness (QED) is 0.694. The molecule has 0 aliphatic rings. The van der Waals surface area contributed by atoms with Crippen molar-refractivity contribution in [3.63, 3.8) is 0 Å². The molecule has 7 heteroatoms. The minimum absolute atomic E-state index is 0.787. The molecule has 2 nitrogen and oxygen atoms in total. The number of rotatable bonds is 2. The number of nitrogens with two attached hydrogens (primary N) is 1. The summed E-state index contributed by atoms with van der Waals surface area (Å²) in [5.74, 6) is -7.72. The zero-order valence-corrected chi connectivity index (χ0v) is 6.88. The highest BCUT2D eigenvalue weighted by Gasteiger charge is 2.65. The first-order valence-corrected chi connectivity index (χ1v) is 3.19. The molecule has 0 saturated heterocycles. The van der Waals surface area contributed by atoms with Crippen LogP contribution in [0.3, 0.4) is 0 Å². The molecular formula is C6H8F5NO. The molecule has 0 aliphatic carbocycles. The van der Waals surface area contributed by atoms with E-state index in [2.05, 4.69) is 0 Å². The Bertz CT molecular complexity index is 214. The standard InChI is InChI=1S/C6H8F5NO/c1-4(2,12)3(13)5(7,8)6(9,10)11/h12H2,1-2H3. The molecule has 78 valence electrons. The molecule has 0 bridgehead atoms. The molecule has 0 aromatic heterocycles. The Morgan fingerprint density at radius 3 is 1.46 bits per heavy atom. The van der Waals surface area contributed by atoms with Crippen LogP contribution in [0.4, 0.5) is 22.0 Å². The monoisotopic (exact) mass is 205 g/mol. The van der Waals surface area contributed by atoms with E-state index in [-0.39, 0.29) is 0 Å². The summed E-state index contributed by atoms with van der Waals surface area (Å²) >= 11 is 0. The first kappa shape index (κ1) is 12.3. The fourth-order valence-corrected chi connectivity index (χ4v) is 0.533. The topological polar surface area (TPSA) is 43.1 Å². The number of Topliss-reactive ketones (excluding diaryl/α,β-unsaturated/α-hetero) is 1. The molecule has 2 N–H and O–H groups in total. The number of hydrogen-bond donors (Lipinski definition) is 1. The van der Waals surface area contributed by atoms with E-state index in [1.807, 2.05) is 0 Å². The first-order chi connectivity index (χ1) is 5.40. The summed E-state index contributed by atoms with van der Waals surface area (Å²) in [7, 11) is 0. The Morgan fingerprint density at radius 2 is 1.38 bits per heavy atom. The van der Waals surface area contributed by atoms with Gasteiger partial charge in [-0.25, -0.2) is 0 Å². The third kappa shape index (κ3) is 2.36. The number of halogens is 5. The van der Waals surface area contributed by atoms with Crippen molar-refractivity contribution in [3.8, 4) is 0 Å². The van der Waals surface area contributed by atoms with Gasteiger partial charge in [-0.1, -0.05) is 0 Å². The van der Waals surface area contributed by atoms with Gasteiger partial charge in [0.05, 0.1) is 5.54 Å². The van der Waals surface area contributed by atoms with E-state index in [9.17, 15) is 26.7 Å². The van der Waals surface area contributed by atoms with Crippen molar-refractivity contribution in [1.29, 1.82) is 0 Å². The van der Waals surface area contributed by atoms with E-state index in [0.29, 0.717) is 0 Å². The normalized spacial score (nSPS) is 14.5. The lowest BCUT2D eigenvalue weighted by Crippen LogP contribution is -2.56. The van der Waals surface area contributed by atoms with E-state index in [1.165, 1.54) is 0 Å². The van der Waals surface area contributed by atoms with Crippen LogP contribution in [0.2, 0.25) is 0 Å². The van der Waals surface area contributed by atoms with Crippen LogP contribution in [0.25, 0.3) is 0 Å². The molecule has 0 aliphatic heterocycles. The summed E-state index contributed by atoms with van der Waals surface area (Å²) < 4.78 is 59.3. The number of carbonyl (C=O) groups excluding carboxylic acids is 1. The van der Waals surface area contributed by atoms with Crippen LogP contribution in [0.1, 0.15) is 13.8 Å².